The summed E-state index contributed by atoms with van der Waals surface area (Å²) in [5.41, 5.74) is 1.52. The van der Waals surface area contributed by atoms with Crippen LogP contribution in [0.3, 0.4) is 0 Å². The van der Waals surface area contributed by atoms with Crippen molar-refractivity contribution >= 4 is 23.2 Å². The van der Waals surface area contributed by atoms with Crippen LogP contribution >= 0.6 is 0 Å². The van der Waals surface area contributed by atoms with Gasteiger partial charge in [-0.3, -0.25) is 4.79 Å². The van der Waals surface area contributed by atoms with Crippen molar-refractivity contribution in [1.82, 2.24) is 24.8 Å². The Morgan fingerprint density at radius 2 is 1.94 bits per heavy atom. The lowest BCUT2D eigenvalue weighted by molar-refractivity contribution is -0.169. The molecule has 10 nitrogen and oxygen atoms in total. The minimum absolute atomic E-state index is 0.121. The highest BCUT2D eigenvalue weighted by molar-refractivity contribution is 5.89. The fourth-order valence-electron chi connectivity index (χ4n) is 4.05. The molecule has 3 aromatic heterocycles. The largest absolute Gasteiger partial charge is 0.355 e. The molecule has 2 fully saturated rings. The van der Waals surface area contributed by atoms with Crippen molar-refractivity contribution in [1.29, 1.82) is 0 Å². The molecule has 0 unspecified atom stereocenters. The first-order valence-electron chi connectivity index (χ1n) is 10.6. The molecule has 3 aromatic rings. The summed E-state index contributed by atoms with van der Waals surface area (Å²) in [6.45, 7) is 4.84. The van der Waals surface area contributed by atoms with E-state index in [1.165, 1.54) is 0 Å². The number of anilines is 2. The standard InChI is InChI=1S/C21H25N7O3/c1-15-3-2-4-16(22-15)23-20(29)8-7-18-25-24-17-5-6-19(26-28(17)18)27-11-9-21(10-12-27)30-13-14-31-21/h2-6H,7-14H2,1H3,(H,22,23,29). The summed E-state index contributed by atoms with van der Waals surface area (Å²) in [6, 6.07) is 9.39. The van der Waals surface area contributed by atoms with E-state index in [9.17, 15) is 4.79 Å². The predicted octanol–water partition coefficient (Wildman–Crippen LogP) is 1.74. The van der Waals surface area contributed by atoms with Gasteiger partial charge in [0.2, 0.25) is 5.91 Å². The van der Waals surface area contributed by atoms with Crippen molar-refractivity contribution in [3.63, 3.8) is 0 Å². The van der Waals surface area contributed by atoms with Crippen LogP contribution in [0.25, 0.3) is 5.65 Å². The molecule has 0 atom stereocenters. The van der Waals surface area contributed by atoms with Crippen LogP contribution in [0, 0.1) is 6.92 Å². The Kier molecular flexibility index (Phi) is 5.24. The van der Waals surface area contributed by atoms with E-state index < -0.39 is 5.79 Å². The summed E-state index contributed by atoms with van der Waals surface area (Å²) >= 11 is 0. The van der Waals surface area contributed by atoms with Gasteiger partial charge in [-0.25, -0.2) is 4.98 Å². The Bertz CT molecular complexity index is 1080. The number of hydrogen-bond donors (Lipinski definition) is 1. The first-order valence-corrected chi connectivity index (χ1v) is 10.6. The Labute approximate surface area is 179 Å². The number of carbonyl (C=O) groups excluding carboxylic acids is 1. The second-order valence-electron chi connectivity index (χ2n) is 7.88. The second kappa shape index (κ2) is 8.20. The Morgan fingerprint density at radius 1 is 1.13 bits per heavy atom. The van der Waals surface area contributed by atoms with Crippen LogP contribution < -0.4 is 10.2 Å². The molecular formula is C21H25N7O3. The molecule has 10 heteroatoms. The summed E-state index contributed by atoms with van der Waals surface area (Å²) < 4.78 is 13.3. The van der Waals surface area contributed by atoms with Crippen LogP contribution in [-0.4, -0.2) is 62.8 Å². The minimum atomic E-state index is -0.415. The maximum Gasteiger partial charge on any atom is 0.225 e. The molecular weight excluding hydrogens is 398 g/mol. The molecule has 1 spiro atoms. The Morgan fingerprint density at radius 3 is 2.71 bits per heavy atom. The normalized spacial score (nSPS) is 18.0. The summed E-state index contributed by atoms with van der Waals surface area (Å²) in [6.07, 6.45) is 2.33. The molecule has 5 heterocycles. The lowest BCUT2D eigenvalue weighted by atomic mass is 10.0. The third-order valence-electron chi connectivity index (χ3n) is 5.71. The predicted molar refractivity (Wildman–Crippen MR) is 113 cm³/mol. The van der Waals surface area contributed by atoms with Gasteiger partial charge in [-0.2, -0.15) is 4.52 Å². The Balaban J connectivity index is 1.24. The maximum atomic E-state index is 12.3. The first kappa shape index (κ1) is 19.8. The van der Waals surface area contributed by atoms with E-state index >= 15 is 0 Å². The second-order valence-corrected chi connectivity index (χ2v) is 7.88. The van der Waals surface area contributed by atoms with E-state index in [1.54, 1.807) is 10.6 Å². The molecule has 0 saturated carbocycles. The van der Waals surface area contributed by atoms with Gasteiger partial charge in [0.15, 0.2) is 17.3 Å². The molecule has 0 aromatic carbocycles. The number of fused-ring (bicyclic) bond motifs is 1. The van der Waals surface area contributed by atoms with Gasteiger partial charge in [0.25, 0.3) is 0 Å². The first-order chi connectivity index (χ1) is 15.1. The summed E-state index contributed by atoms with van der Waals surface area (Å²) in [5, 5.41) is 16.0. The van der Waals surface area contributed by atoms with Crippen LogP contribution in [-0.2, 0) is 20.7 Å². The number of aromatic nitrogens is 5. The van der Waals surface area contributed by atoms with E-state index in [4.69, 9.17) is 14.6 Å². The van der Waals surface area contributed by atoms with E-state index in [0.717, 1.165) is 37.4 Å². The molecule has 0 bridgehead atoms. The molecule has 31 heavy (non-hydrogen) atoms. The molecule has 2 aliphatic rings. The van der Waals surface area contributed by atoms with Crippen molar-refractivity contribution in [2.45, 2.75) is 38.4 Å². The van der Waals surface area contributed by atoms with Gasteiger partial charge in [-0.15, -0.1) is 15.3 Å². The fourth-order valence-corrected chi connectivity index (χ4v) is 4.05. The van der Waals surface area contributed by atoms with Crippen LogP contribution in [0.4, 0.5) is 11.6 Å². The average Bonchev–Trinajstić information content (AvgIpc) is 3.39. The molecule has 0 radical (unpaired) electrons. The Hall–Kier alpha value is -3.11. The highest BCUT2D eigenvalue weighted by Gasteiger charge is 2.40. The SMILES string of the molecule is Cc1cccc(NC(=O)CCc2nnc3ccc(N4CCC5(CC4)OCCO5)nn23)n1. The molecule has 1 N–H and O–H groups in total. The van der Waals surface area contributed by atoms with E-state index in [2.05, 4.69) is 25.4 Å². The number of aryl methyl sites for hydroxylation is 2. The quantitative estimate of drug-likeness (QED) is 0.661. The van der Waals surface area contributed by atoms with Crippen molar-refractivity contribution in [2.24, 2.45) is 0 Å². The lowest BCUT2D eigenvalue weighted by Gasteiger charge is -2.38. The molecule has 1 amide bonds. The van der Waals surface area contributed by atoms with Crippen LogP contribution in [0.1, 0.15) is 30.8 Å². The zero-order valence-electron chi connectivity index (χ0n) is 17.5. The number of carbonyl (C=O) groups is 1. The monoisotopic (exact) mass is 423 g/mol. The van der Waals surface area contributed by atoms with Gasteiger partial charge in [-0.1, -0.05) is 6.07 Å². The summed E-state index contributed by atoms with van der Waals surface area (Å²) in [5.74, 6) is 1.52. The van der Waals surface area contributed by atoms with Gasteiger partial charge < -0.3 is 19.7 Å². The van der Waals surface area contributed by atoms with Gasteiger partial charge in [0.1, 0.15) is 11.6 Å². The van der Waals surface area contributed by atoms with E-state index in [-0.39, 0.29) is 12.3 Å². The number of piperidine rings is 1. The molecule has 0 aliphatic carbocycles. The van der Waals surface area contributed by atoms with Crippen LogP contribution in [0.15, 0.2) is 30.3 Å². The minimum Gasteiger partial charge on any atom is -0.355 e. The summed E-state index contributed by atoms with van der Waals surface area (Å²) in [7, 11) is 0. The van der Waals surface area contributed by atoms with Crippen LogP contribution in [0.5, 0.6) is 0 Å². The zero-order valence-corrected chi connectivity index (χ0v) is 17.5. The fraction of sp³-hybridized carbons (Fsp3) is 0.476. The molecule has 2 saturated heterocycles. The van der Waals surface area contributed by atoms with Gasteiger partial charge in [0, 0.05) is 44.5 Å². The maximum absolute atomic E-state index is 12.3. The van der Waals surface area contributed by atoms with Crippen molar-refractivity contribution in [3.8, 4) is 0 Å². The van der Waals surface area contributed by atoms with Gasteiger partial charge in [0.05, 0.1) is 13.2 Å². The lowest BCUT2D eigenvalue weighted by Crippen LogP contribution is -2.45. The highest BCUT2D eigenvalue weighted by atomic mass is 16.7. The van der Waals surface area contributed by atoms with Crippen LogP contribution in [0.2, 0.25) is 0 Å². The third-order valence-corrected chi connectivity index (χ3v) is 5.71. The van der Waals surface area contributed by atoms with E-state index in [0.29, 0.717) is 36.9 Å². The smallest absolute Gasteiger partial charge is 0.225 e. The number of hydrogen-bond acceptors (Lipinski definition) is 8. The van der Waals surface area contributed by atoms with Gasteiger partial charge >= 0.3 is 0 Å². The molecule has 5 rings (SSSR count). The van der Waals surface area contributed by atoms with E-state index in [1.807, 2.05) is 31.2 Å². The number of pyridine rings is 1. The number of rotatable bonds is 5. The van der Waals surface area contributed by atoms with Crippen molar-refractivity contribution < 1.29 is 14.3 Å². The zero-order chi connectivity index (χ0) is 21.3. The number of ether oxygens (including phenoxy) is 2. The third kappa shape index (κ3) is 4.21. The topological polar surface area (TPSA) is 107 Å². The van der Waals surface area contributed by atoms with Gasteiger partial charge in [-0.05, 0) is 31.2 Å². The van der Waals surface area contributed by atoms with Crippen molar-refractivity contribution in [2.75, 3.05) is 36.5 Å². The number of nitrogens with one attached hydrogen (secondary N) is 1. The highest BCUT2D eigenvalue weighted by Crippen LogP contribution is 2.32. The number of amides is 1. The average molecular weight is 423 g/mol. The molecule has 162 valence electrons. The number of nitrogens with zero attached hydrogens (tertiary/aromatic N) is 6. The summed E-state index contributed by atoms with van der Waals surface area (Å²) in [4.78, 5) is 18.8. The molecule has 2 aliphatic heterocycles. The van der Waals surface area contributed by atoms with Crippen molar-refractivity contribution in [3.05, 3.63) is 41.9 Å².